The summed E-state index contributed by atoms with van der Waals surface area (Å²) in [7, 11) is 1.59. The molecule has 0 unspecified atom stereocenters. The Bertz CT molecular complexity index is 752. The summed E-state index contributed by atoms with van der Waals surface area (Å²) >= 11 is 7.31. The highest BCUT2D eigenvalue weighted by Crippen LogP contribution is 2.21. The standard InChI is InChI=1S/C17H17IN2O3S/c1-3-23-13-6-4-5-12(10-13)19-17(24)20-16(21)11-7-8-15(22-2)14(18)9-11/h4-10H,3H2,1-2H3,(H2,19,20,21,24). The molecule has 2 aromatic carbocycles. The lowest BCUT2D eigenvalue weighted by molar-refractivity contribution is 0.0977. The SMILES string of the molecule is CCOc1cccc(NC(=S)NC(=O)c2ccc(OC)c(I)c2)c1. The molecule has 2 aromatic rings. The van der Waals surface area contributed by atoms with Gasteiger partial charge < -0.3 is 14.8 Å². The predicted molar refractivity (Wildman–Crippen MR) is 107 cm³/mol. The fourth-order valence-corrected chi connectivity index (χ4v) is 2.92. The van der Waals surface area contributed by atoms with E-state index in [1.807, 2.05) is 31.2 Å². The molecule has 0 atom stereocenters. The number of hydrogen-bond acceptors (Lipinski definition) is 4. The maximum absolute atomic E-state index is 12.3. The fourth-order valence-electron chi connectivity index (χ4n) is 1.98. The number of anilines is 1. The molecule has 5 nitrogen and oxygen atoms in total. The van der Waals surface area contributed by atoms with Crippen LogP contribution in [0.25, 0.3) is 0 Å². The van der Waals surface area contributed by atoms with E-state index in [0.717, 1.165) is 20.8 Å². The Kier molecular flexibility index (Phi) is 6.80. The van der Waals surface area contributed by atoms with E-state index in [2.05, 4.69) is 33.2 Å². The van der Waals surface area contributed by atoms with Crippen molar-refractivity contribution in [3.8, 4) is 11.5 Å². The zero-order chi connectivity index (χ0) is 17.5. The monoisotopic (exact) mass is 456 g/mol. The van der Waals surface area contributed by atoms with Crippen LogP contribution in [0.15, 0.2) is 42.5 Å². The minimum Gasteiger partial charge on any atom is -0.496 e. The molecule has 0 radical (unpaired) electrons. The molecule has 2 rings (SSSR count). The third-order valence-electron chi connectivity index (χ3n) is 3.04. The molecular weight excluding hydrogens is 439 g/mol. The Balaban J connectivity index is 2.00. The summed E-state index contributed by atoms with van der Waals surface area (Å²) in [5, 5.41) is 5.85. The van der Waals surface area contributed by atoms with Crippen LogP contribution in [-0.4, -0.2) is 24.7 Å². The maximum Gasteiger partial charge on any atom is 0.257 e. The number of nitrogens with one attached hydrogen (secondary N) is 2. The minimum absolute atomic E-state index is 0.222. The summed E-state index contributed by atoms with van der Waals surface area (Å²) in [6.45, 7) is 2.50. The van der Waals surface area contributed by atoms with Crippen molar-refractivity contribution in [3.05, 3.63) is 51.6 Å². The topological polar surface area (TPSA) is 59.6 Å². The Morgan fingerprint density at radius 3 is 2.71 bits per heavy atom. The lowest BCUT2D eigenvalue weighted by Crippen LogP contribution is -2.34. The molecule has 126 valence electrons. The summed E-state index contributed by atoms with van der Waals surface area (Å²) in [5.74, 6) is 1.18. The number of carbonyl (C=O) groups excluding carboxylic acids is 1. The van der Waals surface area contributed by atoms with E-state index in [0.29, 0.717) is 12.2 Å². The highest BCUT2D eigenvalue weighted by molar-refractivity contribution is 14.1. The number of carbonyl (C=O) groups is 1. The van der Waals surface area contributed by atoms with Gasteiger partial charge >= 0.3 is 0 Å². The first-order chi connectivity index (χ1) is 11.5. The smallest absolute Gasteiger partial charge is 0.257 e. The maximum atomic E-state index is 12.3. The average molecular weight is 456 g/mol. The summed E-state index contributed by atoms with van der Waals surface area (Å²) in [5.41, 5.74) is 1.25. The van der Waals surface area contributed by atoms with E-state index in [4.69, 9.17) is 21.7 Å². The van der Waals surface area contributed by atoms with Crippen LogP contribution in [0.5, 0.6) is 11.5 Å². The molecule has 0 saturated carbocycles. The van der Waals surface area contributed by atoms with Gasteiger partial charge in [0, 0.05) is 17.3 Å². The number of hydrogen-bond donors (Lipinski definition) is 2. The quantitative estimate of drug-likeness (QED) is 0.529. The molecular formula is C17H17IN2O3S. The Morgan fingerprint density at radius 1 is 1.25 bits per heavy atom. The van der Waals surface area contributed by atoms with E-state index < -0.39 is 0 Å². The van der Waals surface area contributed by atoms with Gasteiger partial charge in [-0.1, -0.05) is 6.07 Å². The molecule has 2 N–H and O–H groups in total. The van der Waals surface area contributed by atoms with Crippen LogP contribution in [0.4, 0.5) is 5.69 Å². The molecule has 0 bridgehead atoms. The van der Waals surface area contributed by atoms with E-state index in [9.17, 15) is 4.79 Å². The molecule has 0 spiro atoms. The second-order valence-corrected chi connectivity index (χ2v) is 6.29. The second kappa shape index (κ2) is 8.84. The van der Waals surface area contributed by atoms with Gasteiger partial charge in [-0.2, -0.15) is 0 Å². The van der Waals surface area contributed by atoms with Crippen molar-refractivity contribution < 1.29 is 14.3 Å². The number of benzene rings is 2. The van der Waals surface area contributed by atoms with E-state index >= 15 is 0 Å². The largest absolute Gasteiger partial charge is 0.496 e. The Morgan fingerprint density at radius 2 is 2.04 bits per heavy atom. The van der Waals surface area contributed by atoms with Crippen LogP contribution in [-0.2, 0) is 0 Å². The zero-order valence-corrected chi connectivity index (χ0v) is 16.2. The molecule has 24 heavy (non-hydrogen) atoms. The molecule has 0 aromatic heterocycles. The van der Waals surface area contributed by atoms with Gasteiger partial charge in [0.05, 0.1) is 17.3 Å². The summed E-state index contributed by atoms with van der Waals surface area (Å²) in [6.07, 6.45) is 0. The van der Waals surface area contributed by atoms with Gasteiger partial charge in [-0.05, 0) is 72.1 Å². The normalized spacial score (nSPS) is 9.96. The van der Waals surface area contributed by atoms with Gasteiger partial charge in [-0.25, -0.2) is 0 Å². The van der Waals surface area contributed by atoms with Crippen molar-refractivity contribution in [1.29, 1.82) is 0 Å². The number of methoxy groups -OCH3 is 1. The third kappa shape index (κ3) is 5.07. The fraction of sp³-hybridized carbons (Fsp3) is 0.176. The van der Waals surface area contributed by atoms with Crippen LogP contribution in [0, 0.1) is 3.57 Å². The molecule has 0 fully saturated rings. The highest BCUT2D eigenvalue weighted by atomic mass is 127. The molecule has 0 heterocycles. The van der Waals surface area contributed by atoms with E-state index in [-0.39, 0.29) is 11.0 Å². The summed E-state index contributed by atoms with van der Waals surface area (Å²) in [6, 6.07) is 12.6. The van der Waals surface area contributed by atoms with Gasteiger partial charge in [-0.15, -0.1) is 0 Å². The molecule has 0 aliphatic rings. The van der Waals surface area contributed by atoms with Crippen LogP contribution in [0.2, 0.25) is 0 Å². The summed E-state index contributed by atoms with van der Waals surface area (Å²) < 4.78 is 11.5. The van der Waals surface area contributed by atoms with Crippen LogP contribution in [0.3, 0.4) is 0 Å². The Labute approximate surface area is 159 Å². The molecule has 0 aliphatic carbocycles. The van der Waals surface area contributed by atoms with E-state index in [1.165, 1.54) is 0 Å². The molecule has 0 saturated heterocycles. The Hall–Kier alpha value is -1.87. The number of amides is 1. The predicted octanol–water partition coefficient (Wildman–Crippen LogP) is 3.83. The molecule has 0 aliphatic heterocycles. The van der Waals surface area contributed by atoms with Gasteiger partial charge in [0.15, 0.2) is 5.11 Å². The first-order valence-corrected chi connectivity index (χ1v) is 8.71. The van der Waals surface area contributed by atoms with Crippen LogP contribution in [0.1, 0.15) is 17.3 Å². The number of rotatable bonds is 5. The zero-order valence-electron chi connectivity index (χ0n) is 13.3. The molecule has 1 amide bonds. The van der Waals surface area contributed by atoms with Crippen molar-refractivity contribution in [2.45, 2.75) is 6.92 Å². The first-order valence-electron chi connectivity index (χ1n) is 7.22. The number of halogens is 1. The lowest BCUT2D eigenvalue weighted by Gasteiger charge is -2.11. The number of ether oxygens (including phenoxy) is 2. The van der Waals surface area contributed by atoms with Crippen LogP contribution < -0.4 is 20.1 Å². The van der Waals surface area contributed by atoms with Crippen molar-refractivity contribution >= 4 is 51.5 Å². The minimum atomic E-state index is -0.283. The number of thiocarbonyl (C=S) groups is 1. The third-order valence-corrected chi connectivity index (χ3v) is 4.09. The lowest BCUT2D eigenvalue weighted by atomic mass is 10.2. The van der Waals surface area contributed by atoms with Gasteiger partial charge in [0.1, 0.15) is 11.5 Å². The van der Waals surface area contributed by atoms with Gasteiger partial charge in [0.2, 0.25) is 0 Å². The van der Waals surface area contributed by atoms with Crippen LogP contribution >= 0.6 is 34.8 Å². The van der Waals surface area contributed by atoms with Crippen molar-refractivity contribution in [2.75, 3.05) is 19.0 Å². The first kappa shape index (κ1) is 18.5. The van der Waals surface area contributed by atoms with Gasteiger partial charge in [-0.3, -0.25) is 10.1 Å². The van der Waals surface area contributed by atoms with Crippen molar-refractivity contribution in [1.82, 2.24) is 5.32 Å². The molecule has 7 heteroatoms. The van der Waals surface area contributed by atoms with E-state index in [1.54, 1.807) is 25.3 Å². The average Bonchev–Trinajstić information content (AvgIpc) is 2.55. The van der Waals surface area contributed by atoms with Crippen molar-refractivity contribution in [2.24, 2.45) is 0 Å². The van der Waals surface area contributed by atoms with Crippen molar-refractivity contribution in [3.63, 3.8) is 0 Å². The second-order valence-electron chi connectivity index (χ2n) is 4.72. The highest BCUT2D eigenvalue weighted by Gasteiger charge is 2.10. The van der Waals surface area contributed by atoms with Gasteiger partial charge in [0.25, 0.3) is 5.91 Å². The summed E-state index contributed by atoms with van der Waals surface area (Å²) in [4.78, 5) is 12.3.